The molecule has 0 saturated heterocycles. The molecule has 0 aliphatic rings. The van der Waals surface area contributed by atoms with Gasteiger partial charge < -0.3 is 15.2 Å². The van der Waals surface area contributed by atoms with Gasteiger partial charge in [0.05, 0.1) is 14.2 Å². The summed E-state index contributed by atoms with van der Waals surface area (Å²) in [6, 6.07) is 14.8. The van der Waals surface area contributed by atoms with Crippen molar-refractivity contribution < 1.29 is 14.3 Å². The van der Waals surface area contributed by atoms with Crippen LogP contribution in [0.5, 0.6) is 11.5 Å². The Morgan fingerprint density at radius 3 is 2.24 bits per heavy atom. The first-order valence-corrected chi connectivity index (χ1v) is 6.44. The van der Waals surface area contributed by atoms with Crippen LogP contribution in [0, 0.1) is 0 Å². The summed E-state index contributed by atoms with van der Waals surface area (Å²) in [5.41, 5.74) is 7.51. The van der Waals surface area contributed by atoms with Gasteiger partial charge in [-0.2, -0.15) is 0 Å². The lowest BCUT2D eigenvalue weighted by Crippen LogP contribution is -2.13. The molecule has 108 valence electrons. The topological polar surface area (TPSA) is 61.5 Å². The third-order valence-electron chi connectivity index (χ3n) is 3.07. The molecule has 0 aliphatic heterocycles. The first-order valence-electron chi connectivity index (χ1n) is 6.44. The lowest BCUT2D eigenvalue weighted by molar-refractivity contribution is -0.112. The zero-order chi connectivity index (χ0) is 15.2. The van der Waals surface area contributed by atoms with Gasteiger partial charge in [0, 0.05) is 5.57 Å². The lowest BCUT2D eigenvalue weighted by atomic mass is 10.0. The predicted molar refractivity (Wildman–Crippen MR) is 83.1 cm³/mol. The lowest BCUT2D eigenvalue weighted by Gasteiger charge is -2.10. The van der Waals surface area contributed by atoms with Gasteiger partial charge in [0.25, 0.3) is 0 Å². The van der Waals surface area contributed by atoms with E-state index in [0.29, 0.717) is 22.6 Å². The van der Waals surface area contributed by atoms with Gasteiger partial charge in [-0.05, 0) is 29.3 Å². The van der Waals surface area contributed by atoms with E-state index in [9.17, 15) is 4.79 Å². The summed E-state index contributed by atoms with van der Waals surface area (Å²) in [6.07, 6.45) is 1.75. The Hall–Kier alpha value is -2.75. The summed E-state index contributed by atoms with van der Waals surface area (Å²) in [7, 11) is 3.11. The second kappa shape index (κ2) is 6.61. The Morgan fingerprint density at radius 1 is 1.00 bits per heavy atom. The number of primary amides is 1. The van der Waals surface area contributed by atoms with Crippen LogP contribution in [-0.4, -0.2) is 20.1 Å². The molecule has 0 atom stereocenters. The van der Waals surface area contributed by atoms with E-state index in [0.717, 1.165) is 5.56 Å². The Balaban J connectivity index is 2.49. The van der Waals surface area contributed by atoms with Crippen molar-refractivity contribution >= 4 is 17.6 Å². The standard InChI is InChI=1S/C17H17NO3/c1-20-15-9-8-13(11-16(15)21-2)14(17(18)19)10-12-6-4-3-5-7-12/h3-11H,1-2H3,(H2,18,19). The van der Waals surface area contributed by atoms with E-state index in [4.69, 9.17) is 15.2 Å². The van der Waals surface area contributed by atoms with Crippen molar-refractivity contribution in [3.05, 3.63) is 59.7 Å². The van der Waals surface area contributed by atoms with Crippen molar-refractivity contribution in [2.75, 3.05) is 14.2 Å². The normalized spacial score (nSPS) is 11.0. The van der Waals surface area contributed by atoms with Gasteiger partial charge >= 0.3 is 0 Å². The number of amides is 1. The number of benzene rings is 2. The molecule has 2 rings (SSSR count). The molecule has 21 heavy (non-hydrogen) atoms. The van der Waals surface area contributed by atoms with Gasteiger partial charge in [0.1, 0.15) is 0 Å². The third kappa shape index (κ3) is 3.42. The van der Waals surface area contributed by atoms with Gasteiger partial charge in [-0.1, -0.05) is 36.4 Å². The van der Waals surface area contributed by atoms with Gasteiger partial charge in [-0.3, -0.25) is 4.79 Å². The van der Waals surface area contributed by atoms with Crippen molar-refractivity contribution in [2.24, 2.45) is 5.73 Å². The molecule has 2 aromatic rings. The number of nitrogens with two attached hydrogens (primary N) is 1. The number of rotatable bonds is 5. The number of ether oxygens (including phenoxy) is 2. The molecule has 2 N–H and O–H groups in total. The van der Waals surface area contributed by atoms with Crippen molar-refractivity contribution in [1.29, 1.82) is 0 Å². The molecule has 2 aromatic carbocycles. The largest absolute Gasteiger partial charge is 0.493 e. The maximum Gasteiger partial charge on any atom is 0.249 e. The molecule has 0 radical (unpaired) electrons. The van der Waals surface area contributed by atoms with Gasteiger partial charge in [-0.15, -0.1) is 0 Å². The molecule has 1 amide bonds. The van der Waals surface area contributed by atoms with Crippen molar-refractivity contribution in [3.8, 4) is 11.5 Å². The summed E-state index contributed by atoms with van der Waals surface area (Å²) < 4.78 is 10.4. The van der Waals surface area contributed by atoms with Crippen LogP contribution in [0.2, 0.25) is 0 Å². The molecule has 0 heterocycles. The van der Waals surface area contributed by atoms with Crippen LogP contribution in [0.15, 0.2) is 48.5 Å². The molecule has 4 heteroatoms. The highest BCUT2D eigenvalue weighted by atomic mass is 16.5. The Morgan fingerprint density at radius 2 is 1.67 bits per heavy atom. The molecule has 0 spiro atoms. The summed E-state index contributed by atoms with van der Waals surface area (Å²) in [5.74, 6) is 0.658. The van der Waals surface area contributed by atoms with Gasteiger partial charge in [0.2, 0.25) is 5.91 Å². The number of hydrogen-bond acceptors (Lipinski definition) is 3. The zero-order valence-electron chi connectivity index (χ0n) is 12.0. The Labute approximate surface area is 123 Å². The van der Waals surface area contributed by atoms with Gasteiger partial charge in [0.15, 0.2) is 11.5 Å². The highest BCUT2D eigenvalue weighted by Gasteiger charge is 2.12. The first kappa shape index (κ1) is 14.7. The molecule has 0 aliphatic carbocycles. The third-order valence-corrected chi connectivity index (χ3v) is 3.07. The molecular formula is C17H17NO3. The van der Waals surface area contributed by atoms with Crippen molar-refractivity contribution in [3.63, 3.8) is 0 Å². The van der Waals surface area contributed by atoms with Crippen LogP contribution in [-0.2, 0) is 4.79 Å². The van der Waals surface area contributed by atoms with Crippen LogP contribution in [0.3, 0.4) is 0 Å². The predicted octanol–water partition coefficient (Wildman–Crippen LogP) is 2.73. The quantitative estimate of drug-likeness (QED) is 0.678. The maximum atomic E-state index is 11.7. The smallest absolute Gasteiger partial charge is 0.249 e. The zero-order valence-corrected chi connectivity index (χ0v) is 12.0. The second-order valence-electron chi connectivity index (χ2n) is 4.40. The fourth-order valence-electron chi connectivity index (χ4n) is 2.02. The monoisotopic (exact) mass is 283 g/mol. The van der Waals surface area contributed by atoms with Crippen molar-refractivity contribution in [2.45, 2.75) is 0 Å². The number of hydrogen-bond donors (Lipinski definition) is 1. The molecule has 0 fully saturated rings. The summed E-state index contributed by atoms with van der Waals surface area (Å²) in [4.78, 5) is 11.7. The first-order chi connectivity index (χ1) is 10.2. The molecule has 0 aromatic heterocycles. The average molecular weight is 283 g/mol. The number of methoxy groups -OCH3 is 2. The van der Waals surface area contributed by atoms with Crippen molar-refractivity contribution in [1.82, 2.24) is 0 Å². The Kier molecular flexibility index (Phi) is 4.61. The van der Waals surface area contributed by atoms with Crippen LogP contribution in [0.25, 0.3) is 11.6 Å². The van der Waals surface area contributed by atoms with E-state index >= 15 is 0 Å². The van der Waals surface area contributed by atoms with Crippen LogP contribution in [0.1, 0.15) is 11.1 Å². The summed E-state index contributed by atoms with van der Waals surface area (Å²) in [5, 5.41) is 0. The van der Waals surface area contributed by atoms with Crippen LogP contribution < -0.4 is 15.2 Å². The van der Waals surface area contributed by atoms with E-state index in [1.54, 1.807) is 38.5 Å². The Bertz CT molecular complexity index is 663. The van der Waals surface area contributed by atoms with E-state index in [2.05, 4.69) is 0 Å². The molecule has 0 bridgehead atoms. The average Bonchev–Trinajstić information content (AvgIpc) is 2.52. The highest BCUT2D eigenvalue weighted by Crippen LogP contribution is 2.31. The second-order valence-corrected chi connectivity index (χ2v) is 4.40. The minimum Gasteiger partial charge on any atom is -0.493 e. The van der Waals surface area contributed by atoms with E-state index in [-0.39, 0.29) is 0 Å². The fraction of sp³-hybridized carbons (Fsp3) is 0.118. The molecular weight excluding hydrogens is 266 g/mol. The highest BCUT2D eigenvalue weighted by molar-refractivity contribution is 6.23. The van der Waals surface area contributed by atoms with E-state index in [1.165, 1.54) is 0 Å². The molecule has 0 saturated carbocycles. The summed E-state index contributed by atoms with van der Waals surface area (Å²) >= 11 is 0. The number of carbonyl (C=O) groups excluding carboxylic acids is 1. The van der Waals surface area contributed by atoms with Crippen LogP contribution >= 0.6 is 0 Å². The van der Waals surface area contributed by atoms with Gasteiger partial charge in [-0.25, -0.2) is 0 Å². The molecule has 4 nitrogen and oxygen atoms in total. The minimum absolute atomic E-state index is 0.419. The fourth-order valence-corrected chi connectivity index (χ4v) is 2.02. The van der Waals surface area contributed by atoms with E-state index < -0.39 is 5.91 Å². The molecule has 0 unspecified atom stereocenters. The van der Waals surface area contributed by atoms with Crippen LogP contribution in [0.4, 0.5) is 0 Å². The minimum atomic E-state index is -0.494. The summed E-state index contributed by atoms with van der Waals surface area (Å²) in [6.45, 7) is 0. The SMILES string of the molecule is COc1ccc(C(=Cc2ccccc2)C(N)=O)cc1OC. The number of carbonyl (C=O) groups is 1. The van der Waals surface area contributed by atoms with E-state index in [1.807, 2.05) is 30.3 Å². The maximum absolute atomic E-state index is 11.7.